The van der Waals surface area contributed by atoms with E-state index in [-0.39, 0.29) is 17.1 Å². The van der Waals surface area contributed by atoms with Crippen molar-refractivity contribution >= 4 is 11.5 Å². The van der Waals surface area contributed by atoms with Gasteiger partial charge in [0.15, 0.2) is 0 Å². The SMILES string of the molecule is Cn1ccc(CNc2ncc(C#N)cc2[N+](=O)[O-])n1. The summed E-state index contributed by atoms with van der Waals surface area (Å²) in [7, 11) is 1.78. The molecular weight excluding hydrogens is 248 g/mol. The van der Waals surface area contributed by atoms with Gasteiger partial charge >= 0.3 is 5.69 Å². The zero-order valence-electron chi connectivity index (χ0n) is 10.1. The van der Waals surface area contributed by atoms with Gasteiger partial charge in [-0.1, -0.05) is 0 Å². The van der Waals surface area contributed by atoms with Gasteiger partial charge in [-0.15, -0.1) is 0 Å². The molecule has 96 valence electrons. The van der Waals surface area contributed by atoms with Crippen LogP contribution in [0.25, 0.3) is 0 Å². The summed E-state index contributed by atoms with van der Waals surface area (Å²) in [6, 6.07) is 4.80. The highest BCUT2D eigenvalue weighted by Gasteiger charge is 2.16. The van der Waals surface area contributed by atoms with Crippen LogP contribution in [-0.4, -0.2) is 19.7 Å². The maximum atomic E-state index is 10.9. The fraction of sp³-hybridized carbons (Fsp3) is 0.182. The summed E-state index contributed by atoms with van der Waals surface area (Å²) in [6.45, 7) is 0.320. The van der Waals surface area contributed by atoms with Crippen LogP contribution in [0.15, 0.2) is 24.5 Å². The number of nitro groups is 1. The van der Waals surface area contributed by atoms with E-state index in [4.69, 9.17) is 5.26 Å². The monoisotopic (exact) mass is 258 g/mol. The maximum Gasteiger partial charge on any atom is 0.312 e. The van der Waals surface area contributed by atoms with Crippen LogP contribution in [0.2, 0.25) is 0 Å². The lowest BCUT2D eigenvalue weighted by Crippen LogP contribution is -2.06. The Morgan fingerprint density at radius 3 is 3.00 bits per heavy atom. The molecule has 8 nitrogen and oxygen atoms in total. The van der Waals surface area contributed by atoms with Crippen LogP contribution < -0.4 is 5.32 Å². The lowest BCUT2D eigenvalue weighted by Gasteiger charge is -2.04. The van der Waals surface area contributed by atoms with E-state index in [9.17, 15) is 10.1 Å². The first-order chi connectivity index (χ1) is 9.10. The third-order valence-corrected chi connectivity index (χ3v) is 2.40. The Morgan fingerprint density at radius 1 is 1.63 bits per heavy atom. The molecule has 8 heteroatoms. The van der Waals surface area contributed by atoms with Crippen LogP contribution in [-0.2, 0) is 13.6 Å². The lowest BCUT2D eigenvalue weighted by atomic mass is 10.2. The Hall–Kier alpha value is -2.95. The van der Waals surface area contributed by atoms with E-state index in [0.29, 0.717) is 6.54 Å². The topological polar surface area (TPSA) is 110 Å². The zero-order chi connectivity index (χ0) is 13.8. The van der Waals surface area contributed by atoms with Gasteiger partial charge in [-0.2, -0.15) is 10.4 Å². The maximum absolute atomic E-state index is 10.9. The van der Waals surface area contributed by atoms with Crippen molar-refractivity contribution in [3.63, 3.8) is 0 Å². The number of hydrogen-bond acceptors (Lipinski definition) is 6. The van der Waals surface area contributed by atoms with Crippen LogP contribution in [0, 0.1) is 21.4 Å². The average molecular weight is 258 g/mol. The molecule has 0 aliphatic heterocycles. The molecule has 0 fully saturated rings. The van der Waals surface area contributed by atoms with Gasteiger partial charge in [0.2, 0.25) is 5.82 Å². The van der Waals surface area contributed by atoms with Crippen molar-refractivity contribution in [2.45, 2.75) is 6.54 Å². The molecule has 1 N–H and O–H groups in total. The predicted octanol–water partition coefficient (Wildman–Crippen LogP) is 1.21. The van der Waals surface area contributed by atoms with Gasteiger partial charge in [0, 0.05) is 25.5 Å². The molecule has 2 aromatic rings. The van der Waals surface area contributed by atoms with E-state index in [1.54, 1.807) is 24.0 Å². The van der Waals surface area contributed by atoms with Crippen molar-refractivity contribution in [1.29, 1.82) is 5.26 Å². The summed E-state index contributed by atoms with van der Waals surface area (Å²) in [5, 5.41) is 26.6. The smallest absolute Gasteiger partial charge is 0.312 e. The van der Waals surface area contributed by atoms with Crippen LogP contribution in [0.1, 0.15) is 11.3 Å². The Morgan fingerprint density at radius 2 is 2.42 bits per heavy atom. The second-order valence-electron chi connectivity index (χ2n) is 3.79. The number of aromatic nitrogens is 3. The van der Waals surface area contributed by atoms with E-state index in [2.05, 4.69) is 15.4 Å². The van der Waals surface area contributed by atoms with E-state index in [0.717, 1.165) is 5.69 Å². The fourth-order valence-electron chi connectivity index (χ4n) is 1.52. The molecule has 0 radical (unpaired) electrons. The fourth-order valence-corrected chi connectivity index (χ4v) is 1.52. The third-order valence-electron chi connectivity index (χ3n) is 2.40. The molecule has 0 atom stereocenters. The van der Waals surface area contributed by atoms with Crippen LogP contribution in [0.5, 0.6) is 0 Å². The molecule has 0 unspecified atom stereocenters. The summed E-state index contributed by atoms with van der Waals surface area (Å²) in [5.41, 5.74) is 0.660. The van der Waals surface area contributed by atoms with Crippen molar-refractivity contribution in [3.8, 4) is 6.07 Å². The Kier molecular flexibility index (Phi) is 3.38. The second-order valence-corrected chi connectivity index (χ2v) is 3.79. The summed E-state index contributed by atoms with van der Waals surface area (Å²) in [6.07, 6.45) is 3.06. The predicted molar refractivity (Wildman–Crippen MR) is 66.1 cm³/mol. The van der Waals surface area contributed by atoms with Crippen molar-refractivity contribution in [1.82, 2.24) is 14.8 Å². The van der Waals surface area contributed by atoms with Gasteiger partial charge in [0.05, 0.1) is 22.7 Å². The van der Waals surface area contributed by atoms with Crippen LogP contribution in [0.3, 0.4) is 0 Å². The first kappa shape index (κ1) is 12.5. The second kappa shape index (κ2) is 5.14. The van der Waals surface area contributed by atoms with Crippen molar-refractivity contribution in [2.75, 3.05) is 5.32 Å². The van der Waals surface area contributed by atoms with E-state index in [1.807, 2.05) is 6.07 Å². The zero-order valence-corrected chi connectivity index (χ0v) is 10.1. The molecule has 0 saturated carbocycles. The number of aryl methyl sites for hydroxylation is 1. The van der Waals surface area contributed by atoms with Crippen LogP contribution >= 0.6 is 0 Å². The van der Waals surface area contributed by atoms with Gasteiger partial charge in [-0.05, 0) is 6.07 Å². The highest BCUT2D eigenvalue weighted by Crippen LogP contribution is 2.22. The molecule has 2 rings (SSSR count). The Labute approximate surface area is 108 Å². The molecule has 0 aromatic carbocycles. The van der Waals surface area contributed by atoms with Gasteiger partial charge < -0.3 is 5.32 Å². The normalized spacial score (nSPS) is 9.89. The molecule has 0 spiro atoms. The van der Waals surface area contributed by atoms with Gasteiger partial charge in [-0.3, -0.25) is 14.8 Å². The van der Waals surface area contributed by atoms with E-state index >= 15 is 0 Å². The third kappa shape index (κ3) is 2.84. The summed E-state index contributed by atoms with van der Waals surface area (Å²) < 4.78 is 1.64. The molecule has 0 aliphatic rings. The largest absolute Gasteiger partial charge is 0.359 e. The number of pyridine rings is 1. The Balaban J connectivity index is 2.20. The minimum absolute atomic E-state index is 0.120. The van der Waals surface area contributed by atoms with Crippen molar-refractivity contribution < 1.29 is 4.92 Å². The van der Waals surface area contributed by atoms with Gasteiger partial charge in [0.1, 0.15) is 6.07 Å². The first-order valence-corrected chi connectivity index (χ1v) is 5.37. The highest BCUT2D eigenvalue weighted by molar-refractivity contribution is 5.58. The summed E-state index contributed by atoms with van der Waals surface area (Å²) in [4.78, 5) is 14.2. The average Bonchev–Trinajstić information content (AvgIpc) is 2.82. The molecule has 2 heterocycles. The summed E-state index contributed by atoms with van der Waals surface area (Å²) in [5.74, 6) is 0.120. The number of nitriles is 1. The number of rotatable bonds is 4. The van der Waals surface area contributed by atoms with E-state index < -0.39 is 4.92 Å². The lowest BCUT2D eigenvalue weighted by molar-refractivity contribution is -0.384. The van der Waals surface area contributed by atoms with E-state index in [1.165, 1.54) is 12.3 Å². The molecule has 2 aromatic heterocycles. The van der Waals surface area contributed by atoms with Crippen molar-refractivity contribution in [3.05, 3.63) is 45.9 Å². The molecule has 0 bridgehead atoms. The number of anilines is 1. The number of nitrogens with one attached hydrogen (secondary N) is 1. The Bertz CT molecular complexity index is 657. The molecule has 0 amide bonds. The molecule has 19 heavy (non-hydrogen) atoms. The summed E-state index contributed by atoms with van der Waals surface area (Å²) >= 11 is 0. The van der Waals surface area contributed by atoms with Crippen molar-refractivity contribution in [2.24, 2.45) is 7.05 Å². The van der Waals surface area contributed by atoms with Gasteiger partial charge in [-0.25, -0.2) is 4.98 Å². The number of nitrogens with zero attached hydrogens (tertiary/aromatic N) is 5. The standard InChI is InChI=1S/C11H10N6O2/c1-16-3-2-9(15-16)7-14-11-10(17(18)19)4-8(5-12)6-13-11/h2-4,6H,7H2,1H3,(H,13,14). The minimum Gasteiger partial charge on any atom is -0.359 e. The minimum atomic E-state index is -0.575. The molecule has 0 aliphatic carbocycles. The van der Waals surface area contributed by atoms with Crippen LogP contribution in [0.4, 0.5) is 11.5 Å². The molecular formula is C11H10N6O2. The quantitative estimate of drug-likeness (QED) is 0.651. The highest BCUT2D eigenvalue weighted by atomic mass is 16.6. The molecule has 0 saturated heterocycles. The van der Waals surface area contributed by atoms with Gasteiger partial charge in [0.25, 0.3) is 0 Å². The first-order valence-electron chi connectivity index (χ1n) is 5.37. The number of hydrogen-bond donors (Lipinski definition) is 1.